The summed E-state index contributed by atoms with van der Waals surface area (Å²) in [6.07, 6.45) is 5.56. The molecule has 3 heterocycles. The number of hydrogen-bond donors (Lipinski definition) is 1. The molecule has 2 aromatic heterocycles. The number of carbonyl (C=O) groups is 1. The average molecular weight is 276 g/mol. The van der Waals surface area contributed by atoms with E-state index in [1.165, 1.54) is 4.68 Å². The maximum absolute atomic E-state index is 10.6. The first-order chi connectivity index (χ1) is 9.72. The van der Waals surface area contributed by atoms with Crippen LogP contribution in [0.1, 0.15) is 30.3 Å². The van der Waals surface area contributed by atoms with E-state index in [0.717, 1.165) is 30.8 Å². The number of likely N-dealkylation sites (tertiary alicyclic amines) is 1. The molecule has 0 aliphatic carbocycles. The van der Waals surface area contributed by atoms with Crippen molar-refractivity contribution in [2.45, 2.75) is 32.0 Å². The molecule has 0 aromatic carbocycles. The van der Waals surface area contributed by atoms with Crippen LogP contribution in [-0.4, -0.2) is 37.5 Å². The molecule has 0 saturated carbocycles. The fourth-order valence-electron chi connectivity index (χ4n) is 2.65. The Morgan fingerprint density at radius 2 is 2.45 bits per heavy atom. The first kappa shape index (κ1) is 12.9. The van der Waals surface area contributed by atoms with E-state index in [9.17, 15) is 4.79 Å². The van der Waals surface area contributed by atoms with Gasteiger partial charge in [-0.1, -0.05) is 5.21 Å². The van der Waals surface area contributed by atoms with Gasteiger partial charge in [0, 0.05) is 6.54 Å². The average Bonchev–Trinajstić information content (AvgIpc) is 3.10. The second-order valence-corrected chi connectivity index (χ2v) is 4.95. The van der Waals surface area contributed by atoms with Crippen molar-refractivity contribution >= 4 is 5.97 Å². The number of carboxylic acid groups (broad SMARTS) is 1. The Kier molecular flexibility index (Phi) is 3.51. The first-order valence-electron chi connectivity index (χ1n) is 6.60. The van der Waals surface area contributed by atoms with Gasteiger partial charge >= 0.3 is 5.97 Å². The van der Waals surface area contributed by atoms with Gasteiger partial charge in [0.2, 0.25) is 0 Å². The van der Waals surface area contributed by atoms with Crippen molar-refractivity contribution in [1.82, 2.24) is 19.9 Å². The summed E-state index contributed by atoms with van der Waals surface area (Å²) in [7, 11) is 0. The zero-order valence-corrected chi connectivity index (χ0v) is 11.0. The van der Waals surface area contributed by atoms with Gasteiger partial charge in [0.25, 0.3) is 0 Å². The second kappa shape index (κ2) is 5.46. The molecule has 1 atom stereocenters. The smallest absolute Gasteiger partial charge is 0.325 e. The summed E-state index contributed by atoms with van der Waals surface area (Å²) < 4.78 is 6.83. The van der Waals surface area contributed by atoms with Crippen molar-refractivity contribution in [2.24, 2.45) is 0 Å². The molecule has 0 amide bonds. The van der Waals surface area contributed by atoms with E-state index in [2.05, 4.69) is 15.2 Å². The van der Waals surface area contributed by atoms with Crippen LogP contribution in [0, 0.1) is 0 Å². The Morgan fingerprint density at radius 3 is 3.20 bits per heavy atom. The molecule has 106 valence electrons. The molecule has 1 aliphatic rings. The van der Waals surface area contributed by atoms with Crippen molar-refractivity contribution in [3.05, 3.63) is 36.0 Å². The second-order valence-electron chi connectivity index (χ2n) is 4.95. The van der Waals surface area contributed by atoms with Gasteiger partial charge in [-0.15, -0.1) is 5.10 Å². The van der Waals surface area contributed by atoms with Crippen LogP contribution in [0.4, 0.5) is 0 Å². The molecular formula is C13H16N4O3. The van der Waals surface area contributed by atoms with Gasteiger partial charge in [-0.05, 0) is 31.5 Å². The van der Waals surface area contributed by atoms with Gasteiger partial charge in [-0.2, -0.15) is 0 Å². The van der Waals surface area contributed by atoms with Crippen molar-refractivity contribution in [2.75, 3.05) is 6.54 Å². The van der Waals surface area contributed by atoms with Crippen molar-refractivity contribution in [1.29, 1.82) is 0 Å². The summed E-state index contributed by atoms with van der Waals surface area (Å²) in [5.74, 6) is 0.0523. The Labute approximate surface area is 115 Å². The number of hydrogen-bond acceptors (Lipinski definition) is 5. The molecule has 3 rings (SSSR count). The highest BCUT2D eigenvalue weighted by atomic mass is 16.4. The molecule has 7 heteroatoms. The normalized spacial score (nSPS) is 19.5. The zero-order chi connectivity index (χ0) is 13.9. The summed E-state index contributed by atoms with van der Waals surface area (Å²) in [4.78, 5) is 12.9. The highest BCUT2D eigenvalue weighted by Crippen LogP contribution is 2.32. The van der Waals surface area contributed by atoms with Crippen LogP contribution in [-0.2, 0) is 17.9 Å². The number of aliphatic carboxylic acids is 1. The third kappa shape index (κ3) is 2.72. The van der Waals surface area contributed by atoms with Crippen LogP contribution in [0.2, 0.25) is 0 Å². The Balaban J connectivity index is 1.67. The molecule has 2 aromatic rings. The third-order valence-electron chi connectivity index (χ3n) is 3.48. The lowest BCUT2D eigenvalue weighted by Gasteiger charge is -2.21. The standard InChI is InChI=1S/C13H16N4O3/c18-13(19)9-17-8-10(14-15-17)7-16-5-1-3-11(16)12-4-2-6-20-12/h2,4,6,8,11H,1,3,5,7,9H2,(H,18,19). The third-order valence-corrected chi connectivity index (χ3v) is 3.48. The fraction of sp³-hybridized carbons (Fsp3) is 0.462. The van der Waals surface area contributed by atoms with E-state index in [-0.39, 0.29) is 12.6 Å². The Bertz CT molecular complexity index is 578. The summed E-state index contributed by atoms with van der Waals surface area (Å²) in [5.41, 5.74) is 0.782. The minimum atomic E-state index is -0.920. The maximum Gasteiger partial charge on any atom is 0.325 e. The van der Waals surface area contributed by atoms with E-state index in [1.807, 2.05) is 12.1 Å². The minimum Gasteiger partial charge on any atom is -0.480 e. The fourth-order valence-corrected chi connectivity index (χ4v) is 2.65. The summed E-state index contributed by atoms with van der Waals surface area (Å²) in [5, 5.41) is 16.6. The molecule has 1 aliphatic heterocycles. The number of nitrogens with zero attached hydrogens (tertiary/aromatic N) is 4. The Morgan fingerprint density at radius 1 is 1.55 bits per heavy atom. The lowest BCUT2D eigenvalue weighted by atomic mass is 10.1. The molecular weight excluding hydrogens is 260 g/mol. The highest BCUT2D eigenvalue weighted by molar-refractivity contribution is 5.66. The molecule has 1 N–H and O–H groups in total. The molecule has 7 nitrogen and oxygen atoms in total. The number of rotatable bonds is 5. The van der Waals surface area contributed by atoms with Crippen LogP contribution in [0.3, 0.4) is 0 Å². The predicted molar refractivity (Wildman–Crippen MR) is 68.8 cm³/mol. The molecule has 0 radical (unpaired) electrons. The van der Waals surface area contributed by atoms with E-state index < -0.39 is 5.97 Å². The van der Waals surface area contributed by atoms with Gasteiger partial charge < -0.3 is 9.52 Å². The molecule has 20 heavy (non-hydrogen) atoms. The molecule has 1 saturated heterocycles. The minimum absolute atomic E-state index is 0.158. The van der Waals surface area contributed by atoms with Gasteiger partial charge in [0.15, 0.2) is 0 Å². The van der Waals surface area contributed by atoms with Crippen LogP contribution in [0.15, 0.2) is 29.0 Å². The van der Waals surface area contributed by atoms with E-state index >= 15 is 0 Å². The van der Waals surface area contributed by atoms with Gasteiger partial charge in [0.05, 0.1) is 24.2 Å². The number of aromatic nitrogens is 3. The van der Waals surface area contributed by atoms with Crippen molar-refractivity contribution in [3.8, 4) is 0 Å². The number of carboxylic acids is 1. The summed E-state index contributed by atoms with van der Waals surface area (Å²) in [6, 6.07) is 4.16. The van der Waals surface area contributed by atoms with Crippen LogP contribution in [0.5, 0.6) is 0 Å². The number of furan rings is 1. The van der Waals surface area contributed by atoms with E-state index in [1.54, 1.807) is 12.5 Å². The lowest BCUT2D eigenvalue weighted by molar-refractivity contribution is -0.137. The monoisotopic (exact) mass is 276 g/mol. The highest BCUT2D eigenvalue weighted by Gasteiger charge is 2.28. The molecule has 1 fully saturated rings. The van der Waals surface area contributed by atoms with Crippen molar-refractivity contribution < 1.29 is 14.3 Å². The van der Waals surface area contributed by atoms with Gasteiger partial charge in [-0.3, -0.25) is 9.69 Å². The van der Waals surface area contributed by atoms with E-state index in [0.29, 0.717) is 6.54 Å². The predicted octanol–water partition coefficient (Wildman–Crippen LogP) is 1.29. The quantitative estimate of drug-likeness (QED) is 0.886. The van der Waals surface area contributed by atoms with Crippen LogP contribution >= 0.6 is 0 Å². The molecule has 1 unspecified atom stereocenters. The topological polar surface area (TPSA) is 84.4 Å². The SMILES string of the molecule is O=C(O)Cn1cc(CN2CCCC2c2ccco2)nn1. The summed E-state index contributed by atoms with van der Waals surface area (Å²) >= 11 is 0. The summed E-state index contributed by atoms with van der Waals surface area (Å²) in [6.45, 7) is 1.48. The van der Waals surface area contributed by atoms with Crippen LogP contribution in [0.25, 0.3) is 0 Å². The van der Waals surface area contributed by atoms with E-state index in [4.69, 9.17) is 9.52 Å². The maximum atomic E-state index is 10.6. The van der Waals surface area contributed by atoms with Gasteiger partial charge in [0.1, 0.15) is 12.3 Å². The zero-order valence-electron chi connectivity index (χ0n) is 11.0. The lowest BCUT2D eigenvalue weighted by Crippen LogP contribution is -2.22. The largest absolute Gasteiger partial charge is 0.480 e. The first-order valence-corrected chi connectivity index (χ1v) is 6.60. The molecule has 0 spiro atoms. The van der Waals surface area contributed by atoms with Crippen molar-refractivity contribution in [3.63, 3.8) is 0 Å². The molecule has 0 bridgehead atoms. The Hall–Kier alpha value is -2.15. The van der Waals surface area contributed by atoms with Crippen LogP contribution < -0.4 is 0 Å². The van der Waals surface area contributed by atoms with Gasteiger partial charge in [-0.25, -0.2) is 4.68 Å².